The van der Waals surface area contributed by atoms with Gasteiger partial charge in [0.25, 0.3) is 0 Å². The Morgan fingerprint density at radius 3 is 2.71 bits per heavy atom. The van der Waals surface area contributed by atoms with Gasteiger partial charge in [-0.2, -0.15) is 0 Å². The normalized spacial score (nSPS) is 14.1. The van der Waals surface area contributed by atoms with Gasteiger partial charge in [0.2, 0.25) is 0 Å². The third-order valence-electron chi connectivity index (χ3n) is 4.11. The van der Waals surface area contributed by atoms with Crippen LogP contribution in [0.15, 0.2) is 36.7 Å². The molecule has 1 fully saturated rings. The Labute approximate surface area is 124 Å². The number of pyridine rings is 1. The monoisotopic (exact) mass is 281 g/mol. The maximum atomic E-state index is 11.2. The molecule has 1 saturated carbocycles. The van der Waals surface area contributed by atoms with Crippen molar-refractivity contribution in [2.75, 3.05) is 0 Å². The Morgan fingerprint density at radius 1 is 1.24 bits per heavy atom. The molecular weight excluding hydrogens is 262 g/mol. The lowest BCUT2D eigenvalue weighted by Crippen LogP contribution is -2.05. The minimum absolute atomic E-state index is 0.366. The van der Waals surface area contributed by atoms with Gasteiger partial charge in [-0.15, -0.1) is 0 Å². The number of aromatic carboxylic acids is 1. The summed E-state index contributed by atoms with van der Waals surface area (Å²) < 4.78 is 0. The zero-order valence-corrected chi connectivity index (χ0v) is 12.2. The second kappa shape index (κ2) is 5.68. The molecule has 0 spiro atoms. The summed E-state index contributed by atoms with van der Waals surface area (Å²) >= 11 is 0. The van der Waals surface area contributed by atoms with E-state index in [1.807, 2.05) is 0 Å². The van der Waals surface area contributed by atoms with Crippen LogP contribution < -0.4 is 0 Å². The molecule has 0 radical (unpaired) electrons. The molecule has 1 heterocycles. The van der Waals surface area contributed by atoms with Gasteiger partial charge >= 0.3 is 5.97 Å². The van der Waals surface area contributed by atoms with E-state index in [0.717, 1.165) is 18.4 Å². The summed E-state index contributed by atoms with van der Waals surface area (Å²) in [5.41, 5.74) is 5.25. The highest BCUT2D eigenvalue weighted by Gasteiger charge is 2.25. The maximum absolute atomic E-state index is 11.2. The first-order valence-corrected chi connectivity index (χ1v) is 7.41. The lowest BCUT2D eigenvalue weighted by atomic mass is 9.94. The predicted molar refractivity (Wildman–Crippen MR) is 81.8 cm³/mol. The summed E-state index contributed by atoms with van der Waals surface area (Å²) in [5, 5.41) is 9.23. The van der Waals surface area contributed by atoms with Gasteiger partial charge in [-0.05, 0) is 61.3 Å². The number of benzene rings is 1. The molecule has 0 amide bonds. The lowest BCUT2D eigenvalue weighted by Gasteiger charge is -2.11. The number of hydrogen-bond donors (Lipinski definition) is 1. The van der Waals surface area contributed by atoms with Crippen molar-refractivity contribution in [1.82, 2.24) is 4.98 Å². The lowest BCUT2D eigenvalue weighted by molar-refractivity contribution is 0.0695. The topological polar surface area (TPSA) is 50.2 Å². The SMILES string of the molecule is Cc1ccc(C2CC2)c(CCc2cnccc2C(=O)O)c1. The van der Waals surface area contributed by atoms with E-state index in [4.69, 9.17) is 0 Å². The fourth-order valence-electron chi connectivity index (χ4n) is 2.85. The Balaban J connectivity index is 1.82. The first-order valence-electron chi connectivity index (χ1n) is 7.41. The van der Waals surface area contributed by atoms with Gasteiger partial charge in [0.05, 0.1) is 5.56 Å². The summed E-state index contributed by atoms with van der Waals surface area (Å²) in [5.74, 6) is -0.160. The molecule has 0 bridgehead atoms. The van der Waals surface area contributed by atoms with Crippen molar-refractivity contribution in [3.05, 3.63) is 64.5 Å². The number of aryl methyl sites for hydroxylation is 3. The fourth-order valence-corrected chi connectivity index (χ4v) is 2.85. The molecule has 21 heavy (non-hydrogen) atoms. The highest BCUT2D eigenvalue weighted by atomic mass is 16.4. The smallest absolute Gasteiger partial charge is 0.336 e. The van der Waals surface area contributed by atoms with Gasteiger partial charge in [0, 0.05) is 12.4 Å². The van der Waals surface area contributed by atoms with Crippen LogP contribution in [0, 0.1) is 6.92 Å². The fraction of sp³-hybridized carbons (Fsp3) is 0.333. The summed E-state index contributed by atoms with van der Waals surface area (Å²) in [6, 6.07) is 8.23. The highest BCUT2D eigenvalue weighted by Crippen LogP contribution is 2.42. The van der Waals surface area contributed by atoms with Crippen LogP contribution in [0.3, 0.4) is 0 Å². The number of nitrogens with zero attached hydrogens (tertiary/aromatic N) is 1. The van der Waals surface area contributed by atoms with Crippen LogP contribution in [-0.4, -0.2) is 16.1 Å². The molecule has 0 saturated heterocycles. The number of rotatable bonds is 5. The van der Waals surface area contributed by atoms with Crippen molar-refractivity contribution in [2.24, 2.45) is 0 Å². The summed E-state index contributed by atoms with van der Waals surface area (Å²) in [4.78, 5) is 15.3. The first-order chi connectivity index (χ1) is 10.1. The minimum Gasteiger partial charge on any atom is -0.478 e. The van der Waals surface area contributed by atoms with E-state index in [1.165, 1.54) is 35.7 Å². The van der Waals surface area contributed by atoms with Crippen LogP contribution in [0.25, 0.3) is 0 Å². The zero-order chi connectivity index (χ0) is 14.8. The Bertz CT molecular complexity index is 675. The van der Waals surface area contributed by atoms with Crippen LogP contribution in [0.1, 0.15) is 51.4 Å². The number of carboxylic acids is 1. The molecule has 0 unspecified atom stereocenters. The van der Waals surface area contributed by atoms with Crippen molar-refractivity contribution in [2.45, 2.75) is 38.5 Å². The van der Waals surface area contributed by atoms with Crippen molar-refractivity contribution in [3.63, 3.8) is 0 Å². The number of carbonyl (C=O) groups is 1. The third kappa shape index (κ3) is 3.13. The van der Waals surface area contributed by atoms with E-state index in [9.17, 15) is 9.90 Å². The minimum atomic E-state index is -0.876. The third-order valence-corrected chi connectivity index (χ3v) is 4.11. The predicted octanol–water partition coefficient (Wildman–Crippen LogP) is 3.75. The van der Waals surface area contributed by atoms with E-state index in [2.05, 4.69) is 30.1 Å². The molecule has 1 N–H and O–H groups in total. The highest BCUT2D eigenvalue weighted by molar-refractivity contribution is 5.89. The van der Waals surface area contributed by atoms with E-state index in [1.54, 1.807) is 12.3 Å². The van der Waals surface area contributed by atoms with Gasteiger partial charge < -0.3 is 5.11 Å². The summed E-state index contributed by atoms with van der Waals surface area (Å²) in [6.45, 7) is 2.10. The van der Waals surface area contributed by atoms with Gasteiger partial charge in [0.1, 0.15) is 0 Å². The Morgan fingerprint density at radius 2 is 2.00 bits per heavy atom. The van der Waals surface area contributed by atoms with Gasteiger partial charge in [0.15, 0.2) is 0 Å². The van der Waals surface area contributed by atoms with Crippen molar-refractivity contribution < 1.29 is 9.90 Å². The summed E-state index contributed by atoms with van der Waals surface area (Å²) in [6.07, 6.45) is 7.37. The first kappa shape index (κ1) is 13.8. The van der Waals surface area contributed by atoms with E-state index >= 15 is 0 Å². The van der Waals surface area contributed by atoms with Gasteiger partial charge in [-0.3, -0.25) is 4.98 Å². The van der Waals surface area contributed by atoms with Gasteiger partial charge in [-0.25, -0.2) is 4.79 Å². The summed E-state index contributed by atoms with van der Waals surface area (Å²) in [7, 11) is 0. The van der Waals surface area contributed by atoms with Crippen LogP contribution in [0.4, 0.5) is 0 Å². The number of hydrogen-bond acceptors (Lipinski definition) is 2. The second-order valence-electron chi connectivity index (χ2n) is 5.81. The quantitative estimate of drug-likeness (QED) is 0.908. The molecule has 1 aromatic carbocycles. The second-order valence-corrected chi connectivity index (χ2v) is 5.81. The average Bonchev–Trinajstić information content (AvgIpc) is 3.30. The largest absolute Gasteiger partial charge is 0.478 e. The van der Waals surface area contributed by atoms with Crippen LogP contribution >= 0.6 is 0 Å². The number of carboxylic acid groups (broad SMARTS) is 1. The van der Waals surface area contributed by atoms with Crippen LogP contribution in [-0.2, 0) is 12.8 Å². The molecule has 1 aliphatic rings. The van der Waals surface area contributed by atoms with Crippen molar-refractivity contribution in [3.8, 4) is 0 Å². The van der Waals surface area contributed by atoms with Crippen LogP contribution in [0.2, 0.25) is 0 Å². The molecule has 1 aromatic heterocycles. The van der Waals surface area contributed by atoms with E-state index < -0.39 is 5.97 Å². The van der Waals surface area contributed by atoms with Crippen molar-refractivity contribution >= 4 is 5.97 Å². The maximum Gasteiger partial charge on any atom is 0.336 e. The molecule has 3 nitrogen and oxygen atoms in total. The Hall–Kier alpha value is -2.16. The molecule has 3 heteroatoms. The van der Waals surface area contributed by atoms with Crippen LogP contribution in [0.5, 0.6) is 0 Å². The standard InChI is InChI=1S/C18H19NO2/c1-12-2-7-16(13-3-4-13)14(10-12)5-6-15-11-19-9-8-17(15)18(20)21/h2,7-11,13H,3-6H2,1H3,(H,20,21). The molecular formula is C18H19NO2. The molecule has 3 rings (SSSR count). The average molecular weight is 281 g/mol. The molecule has 2 aromatic rings. The van der Waals surface area contributed by atoms with E-state index in [0.29, 0.717) is 11.5 Å². The zero-order valence-electron chi connectivity index (χ0n) is 12.2. The molecule has 1 aliphatic carbocycles. The molecule has 0 aliphatic heterocycles. The van der Waals surface area contributed by atoms with Crippen molar-refractivity contribution in [1.29, 1.82) is 0 Å². The van der Waals surface area contributed by atoms with Gasteiger partial charge in [-0.1, -0.05) is 23.8 Å². The van der Waals surface area contributed by atoms with E-state index in [-0.39, 0.29) is 0 Å². The number of aromatic nitrogens is 1. The Kier molecular flexibility index (Phi) is 3.74. The molecule has 108 valence electrons. The molecule has 0 atom stereocenters.